The minimum absolute atomic E-state index is 0.0144. The Morgan fingerprint density at radius 3 is 2.48 bits per heavy atom. The summed E-state index contributed by atoms with van der Waals surface area (Å²) >= 11 is 0. The molecule has 0 spiro atoms. The number of Topliss-reactive ketones (excluding diaryl/α,β-unsaturated/α-hetero) is 1. The van der Waals surface area contributed by atoms with Crippen molar-refractivity contribution in [3.05, 3.63) is 54.6 Å². The van der Waals surface area contributed by atoms with Crippen LogP contribution in [0.3, 0.4) is 0 Å². The van der Waals surface area contributed by atoms with Gasteiger partial charge in [0.1, 0.15) is 11.9 Å². The van der Waals surface area contributed by atoms with Crippen molar-refractivity contribution >= 4 is 17.6 Å². The summed E-state index contributed by atoms with van der Waals surface area (Å²) in [7, 11) is 3.98. The van der Waals surface area contributed by atoms with Crippen molar-refractivity contribution in [1.29, 1.82) is 0 Å². The van der Waals surface area contributed by atoms with Crippen LogP contribution in [0.15, 0.2) is 54.6 Å². The van der Waals surface area contributed by atoms with Crippen LogP contribution >= 0.6 is 0 Å². The molecular formula is C22H24N2O3. The van der Waals surface area contributed by atoms with Gasteiger partial charge in [-0.3, -0.25) is 10.1 Å². The standard InChI is InChI=1S/C22H24N2O3/c1-24(2)21-16-13-20(17(21)12-19(16)25)27-22(26)23-18-11-7-6-10-15(18)14-8-4-3-5-9-14/h3-11,16-17,20-21H,12-13H2,1-2H3,(H,23,26). The SMILES string of the molecule is CN(C)C1C2CC(OC(=O)Nc3ccccc3-c3ccccc3)C1CC2=O. The fraction of sp³-hybridized carbons (Fsp3) is 0.364. The van der Waals surface area contributed by atoms with Crippen molar-refractivity contribution in [2.45, 2.75) is 25.0 Å². The first-order chi connectivity index (χ1) is 13.0. The molecule has 27 heavy (non-hydrogen) atoms. The van der Waals surface area contributed by atoms with Crippen LogP contribution in [-0.4, -0.2) is 43.0 Å². The topological polar surface area (TPSA) is 58.6 Å². The maximum absolute atomic E-state index is 12.6. The number of ether oxygens (including phenoxy) is 1. The molecule has 5 heteroatoms. The number of carbonyl (C=O) groups excluding carboxylic acids is 2. The van der Waals surface area contributed by atoms with Gasteiger partial charge in [-0.2, -0.15) is 0 Å². The highest BCUT2D eigenvalue weighted by Crippen LogP contribution is 2.46. The van der Waals surface area contributed by atoms with E-state index in [0.29, 0.717) is 18.6 Å². The van der Waals surface area contributed by atoms with Crippen molar-refractivity contribution in [2.75, 3.05) is 19.4 Å². The van der Waals surface area contributed by atoms with Crippen LogP contribution in [0, 0.1) is 11.8 Å². The maximum Gasteiger partial charge on any atom is 0.411 e. The van der Waals surface area contributed by atoms with Crippen LogP contribution in [0.2, 0.25) is 0 Å². The molecule has 2 saturated carbocycles. The van der Waals surface area contributed by atoms with E-state index in [0.717, 1.165) is 16.8 Å². The number of fused-ring (bicyclic) bond motifs is 2. The predicted octanol–water partition coefficient (Wildman–Crippen LogP) is 3.81. The van der Waals surface area contributed by atoms with Gasteiger partial charge in [0.15, 0.2) is 0 Å². The average molecular weight is 364 g/mol. The fourth-order valence-electron chi connectivity index (χ4n) is 4.66. The van der Waals surface area contributed by atoms with Crippen molar-refractivity contribution < 1.29 is 14.3 Å². The number of rotatable bonds is 4. The lowest BCUT2D eigenvalue weighted by atomic mass is 9.96. The summed E-state index contributed by atoms with van der Waals surface area (Å²) in [5.74, 6) is 0.375. The highest BCUT2D eigenvalue weighted by molar-refractivity contribution is 5.92. The van der Waals surface area contributed by atoms with Gasteiger partial charge in [0.05, 0.1) is 5.69 Å². The molecule has 2 aliphatic rings. The highest BCUT2D eigenvalue weighted by Gasteiger charge is 2.55. The van der Waals surface area contributed by atoms with Gasteiger partial charge in [0.25, 0.3) is 0 Å². The van der Waals surface area contributed by atoms with Gasteiger partial charge in [-0.05, 0) is 32.1 Å². The van der Waals surface area contributed by atoms with E-state index < -0.39 is 6.09 Å². The van der Waals surface area contributed by atoms with Crippen LogP contribution in [-0.2, 0) is 9.53 Å². The number of ketones is 1. The second-order valence-corrected chi connectivity index (χ2v) is 7.61. The van der Waals surface area contributed by atoms with E-state index in [9.17, 15) is 9.59 Å². The number of hydrogen-bond donors (Lipinski definition) is 1. The molecule has 2 aromatic rings. The first-order valence-corrected chi connectivity index (χ1v) is 9.36. The van der Waals surface area contributed by atoms with Gasteiger partial charge in [-0.25, -0.2) is 4.79 Å². The summed E-state index contributed by atoms with van der Waals surface area (Å²) in [6, 6.07) is 17.8. The number of benzene rings is 2. The van der Waals surface area contributed by atoms with Crippen molar-refractivity contribution in [3.63, 3.8) is 0 Å². The summed E-state index contributed by atoms with van der Waals surface area (Å²) < 4.78 is 5.74. The van der Waals surface area contributed by atoms with E-state index in [4.69, 9.17) is 4.74 Å². The van der Waals surface area contributed by atoms with E-state index in [1.807, 2.05) is 68.7 Å². The molecule has 140 valence electrons. The van der Waals surface area contributed by atoms with E-state index >= 15 is 0 Å². The number of nitrogens with one attached hydrogen (secondary N) is 1. The Labute approximate surface area is 159 Å². The maximum atomic E-state index is 12.6. The van der Waals surface area contributed by atoms with Gasteiger partial charge in [0, 0.05) is 29.9 Å². The molecule has 4 unspecified atom stereocenters. The minimum Gasteiger partial charge on any atom is -0.446 e. The van der Waals surface area contributed by atoms with Gasteiger partial charge >= 0.3 is 6.09 Å². The smallest absolute Gasteiger partial charge is 0.411 e. The normalized spacial score (nSPS) is 26.4. The Morgan fingerprint density at radius 1 is 1.07 bits per heavy atom. The fourth-order valence-corrected chi connectivity index (χ4v) is 4.66. The Kier molecular flexibility index (Phi) is 4.70. The molecule has 2 bridgehead atoms. The first kappa shape index (κ1) is 17.7. The third-order valence-electron chi connectivity index (χ3n) is 5.77. The third kappa shape index (κ3) is 3.35. The summed E-state index contributed by atoms with van der Waals surface area (Å²) in [6.45, 7) is 0. The lowest BCUT2D eigenvalue weighted by Crippen LogP contribution is -2.35. The summed E-state index contributed by atoms with van der Waals surface area (Å²) in [5, 5.41) is 2.89. The van der Waals surface area contributed by atoms with Crippen molar-refractivity contribution in [2.24, 2.45) is 11.8 Å². The molecule has 2 fully saturated rings. The molecule has 0 radical (unpaired) electrons. The molecule has 1 amide bonds. The molecule has 1 N–H and O–H groups in total. The number of hydrogen-bond acceptors (Lipinski definition) is 4. The molecule has 0 saturated heterocycles. The summed E-state index contributed by atoms with van der Waals surface area (Å²) in [5.41, 5.74) is 2.70. The Balaban J connectivity index is 1.47. The van der Waals surface area contributed by atoms with E-state index in [-0.39, 0.29) is 24.0 Å². The number of nitrogens with zero attached hydrogens (tertiary/aromatic N) is 1. The molecule has 2 aromatic carbocycles. The zero-order valence-electron chi connectivity index (χ0n) is 15.6. The number of para-hydroxylation sites is 1. The second-order valence-electron chi connectivity index (χ2n) is 7.61. The Morgan fingerprint density at radius 2 is 1.78 bits per heavy atom. The third-order valence-corrected chi connectivity index (χ3v) is 5.77. The molecule has 0 aromatic heterocycles. The largest absolute Gasteiger partial charge is 0.446 e. The molecule has 0 heterocycles. The quantitative estimate of drug-likeness (QED) is 0.896. The molecule has 4 rings (SSSR count). The lowest BCUT2D eigenvalue weighted by Gasteiger charge is -2.25. The zero-order valence-corrected chi connectivity index (χ0v) is 15.6. The first-order valence-electron chi connectivity index (χ1n) is 9.36. The number of amides is 1. The second kappa shape index (κ2) is 7.16. The Bertz CT molecular complexity index is 850. The van der Waals surface area contributed by atoms with E-state index in [1.54, 1.807) is 0 Å². The van der Waals surface area contributed by atoms with Crippen LogP contribution in [0.4, 0.5) is 10.5 Å². The van der Waals surface area contributed by atoms with Crippen LogP contribution in [0.5, 0.6) is 0 Å². The van der Waals surface area contributed by atoms with E-state index in [2.05, 4.69) is 10.2 Å². The lowest BCUT2D eigenvalue weighted by molar-refractivity contribution is -0.123. The van der Waals surface area contributed by atoms with E-state index in [1.165, 1.54) is 0 Å². The number of carbonyl (C=O) groups is 2. The zero-order chi connectivity index (χ0) is 19.0. The summed E-state index contributed by atoms with van der Waals surface area (Å²) in [4.78, 5) is 26.7. The average Bonchev–Trinajstić information content (AvgIpc) is 3.17. The minimum atomic E-state index is -0.458. The van der Waals surface area contributed by atoms with Gasteiger partial charge in [0.2, 0.25) is 0 Å². The van der Waals surface area contributed by atoms with Crippen molar-refractivity contribution in [1.82, 2.24) is 4.90 Å². The predicted molar refractivity (Wildman–Crippen MR) is 104 cm³/mol. The molecule has 4 atom stereocenters. The molecule has 5 nitrogen and oxygen atoms in total. The number of anilines is 1. The summed E-state index contributed by atoms with van der Waals surface area (Å²) in [6.07, 6.45) is 0.469. The van der Waals surface area contributed by atoms with Crippen LogP contribution in [0.1, 0.15) is 12.8 Å². The Hall–Kier alpha value is -2.66. The van der Waals surface area contributed by atoms with Crippen molar-refractivity contribution in [3.8, 4) is 11.1 Å². The van der Waals surface area contributed by atoms with Gasteiger partial charge < -0.3 is 9.64 Å². The monoisotopic (exact) mass is 364 g/mol. The van der Waals surface area contributed by atoms with Crippen LogP contribution < -0.4 is 5.32 Å². The molecule has 0 aliphatic heterocycles. The van der Waals surface area contributed by atoms with Gasteiger partial charge in [-0.15, -0.1) is 0 Å². The van der Waals surface area contributed by atoms with Gasteiger partial charge in [-0.1, -0.05) is 48.5 Å². The highest BCUT2D eigenvalue weighted by atomic mass is 16.6. The molecular weight excluding hydrogens is 340 g/mol. The van der Waals surface area contributed by atoms with Crippen LogP contribution in [0.25, 0.3) is 11.1 Å². The molecule has 2 aliphatic carbocycles.